The van der Waals surface area contributed by atoms with E-state index in [1.54, 1.807) is 19.2 Å². The number of rotatable bonds is 10. The Morgan fingerprint density at radius 3 is 2.51 bits per heavy atom. The van der Waals surface area contributed by atoms with Crippen molar-refractivity contribution in [2.75, 3.05) is 7.11 Å². The largest absolute Gasteiger partial charge is 0.496 e. The van der Waals surface area contributed by atoms with Crippen LogP contribution in [0.1, 0.15) is 56.4 Å². The number of nitrogens with one attached hydrogen (secondary N) is 4. The van der Waals surface area contributed by atoms with E-state index in [4.69, 9.17) is 10.5 Å². The highest BCUT2D eigenvalue weighted by Gasteiger charge is 2.40. The van der Waals surface area contributed by atoms with Crippen molar-refractivity contribution in [1.82, 2.24) is 20.9 Å². The van der Waals surface area contributed by atoms with Crippen LogP contribution in [0.2, 0.25) is 0 Å². The first-order valence-electron chi connectivity index (χ1n) is 11.9. The highest BCUT2D eigenvalue weighted by atomic mass is 16.5. The Morgan fingerprint density at radius 1 is 1.17 bits per heavy atom. The van der Waals surface area contributed by atoms with Crippen molar-refractivity contribution in [1.29, 1.82) is 0 Å². The quantitative estimate of drug-likeness (QED) is 0.345. The highest BCUT2D eigenvalue weighted by Crippen LogP contribution is 2.34. The SMILES string of the molecule is COc1cccc2[nH]c(C(=O)N[C@@H](CC3CC3)C(=O)N[C@@H](C[C@@H]3CC(C)(C)NC3=O)C(N)=O)cc12. The van der Waals surface area contributed by atoms with E-state index >= 15 is 0 Å². The fourth-order valence-electron chi connectivity index (χ4n) is 4.77. The number of nitrogens with two attached hydrogens (primary N) is 1. The molecule has 3 atom stereocenters. The van der Waals surface area contributed by atoms with Gasteiger partial charge in [-0.15, -0.1) is 0 Å². The predicted octanol–water partition coefficient (Wildman–Crippen LogP) is 1.35. The van der Waals surface area contributed by atoms with Gasteiger partial charge in [0, 0.05) is 22.4 Å². The number of aromatic nitrogens is 1. The molecule has 1 aromatic carbocycles. The third-order valence-corrected chi connectivity index (χ3v) is 6.75. The molecule has 1 aromatic heterocycles. The Labute approximate surface area is 203 Å². The minimum absolute atomic E-state index is 0.113. The van der Waals surface area contributed by atoms with Gasteiger partial charge in [-0.2, -0.15) is 0 Å². The minimum atomic E-state index is -1.01. The van der Waals surface area contributed by atoms with Gasteiger partial charge in [-0.1, -0.05) is 18.9 Å². The Morgan fingerprint density at radius 2 is 1.91 bits per heavy atom. The van der Waals surface area contributed by atoms with Crippen molar-refractivity contribution in [3.05, 3.63) is 30.0 Å². The average molecular weight is 484 g/mol. The number of fused-ring (bicyclic) bond motifs is 1. The van der Waals surface area contributed by atoms with Gasteiger partial charge in [0.2, 0.25) is 17.7 Å². The number of carbonyl (C=O) groups is 4. The number of hydrogen-bond donors (Lipinski definition) is 5. The molecule has 4 rings (SSSR count). The lowest BCUT2D eigenvalue weighted by Crippen LogP contribution is -2.53. The molecule has 6 N–H and O–H groups in total. The van der Waals surface area contributed by atoms with E-state index in [2.05, 4.69) is 20.9 Å². The van der Waals surface area contributed by atoms with E-state index in [0.717, 1.165) is 23.7 Å². The highest BCUT2D eigenvalue weighted by molar-refractivity contribution is 6.01. The van der Waals surface area contributed by atoms with Gasteiger partial charge in [0.1, 0.15) is 23.5 Å². The smallest absolute Gasteiger partial charge is 0.268 e. The molecule has 4 amide bonds. The number of ether oxygens (including phenoxy) is 1. The van der Waals surface area contributed by atoms with Crippen LogP contribution in [0.25, 0.3) is 10.9 Å². The summed E-state index contributed by atoms with van der Waals surface area (Å²) in [5.74, 6) is -1.25. The van der Waals surface area contributed by atoms with Crippen LogP contribution in [-0.4, -0.2) is 53.3 Å². The maximum absolute atomic E-state index is 13.2. The molecule has 1 aliphatic heterocycles. The molecule has 0 unspecified atom stereocenters. The average Bonchev–Trinajstić information content (AvgIpc) is 3.42. The summed E-state index contributed by atoms with van der Waals surface area (Å²) in [5, 5.41) is 9.14. The third kappa shape index (κ3) is 5.75. The first kappa shape index (κ1) is 24.6. The zero-order valence-electron chi connectivity index (χ0n) is 20.3. The summed E-state index contributed by atoms with van der Waals surface area (Å²) in [6.45, 7) is 3.81. The molecule has 1 saturated carbocycles. The van der Waals surface area contributed by atoms with Gasteiger partial charge in [0.25, 0.3) is 5.91 Å². The Kier molecular flexibility index (Phi) is 6.73. The minimum Gasteiger partial charge on any atom is -0.496 e. The van der Waals surface area contributed by atoms with Gasteiger partial charge < -0.3 is 31.4 Å². The summed E-state index contributed by atoms with van der Waals surface area (Å²) >= 11 is 0. The fourth-order valence-corrected chi connectivity index (χ4v) is 4.77. The van der Waals surface area contributed by atoms with Gasteiger partial charge in [-0.05, 0) is 57.2 Å². The molecule has 0 radical (unpaired) electrons. The summed E-state index contributed by atoms with van der Waals surface area (Å²) in [4.78, 5) is 53.7. The Bertz CT molecular complexity index is 1150. The third-order valence-electron chi connectivity index (χ3n) is 6.75. The fraction of sp³-hybridized carbons (Fsp3) is 0.520. The number of benzene rings is 1. The van der Waals surface area contributed by atoms with Crippen LogP contribution in [0.15, 0.2) is 24.3 Å². The number of methoxy groups -OCH3 is 1. The second kappa shape index (κ2) is 9.59. The summed E-state index contributed by atoms with van der Waals surface area (Å²) < 4.78 is 5.35. The van der Waals surface area contributed by atoms with E-state index in [1.165, 1.54) is 0 Å². The van der Waals surface area contributed by atoms with Crippen LogP contribution in [0.3, 0.4) is 0 Å². The molecule has 10 nitrogen and oxygen atoms in total. The lowest BCUT2D eigenvalue weighted by molar-refractivity contribution is -0.130. The number of H-pyrrole nitrogens is 1. The zero-order chi connectivity index (χ0) is 25.3. The van der Waals surface area contributed by atoms with Gasteiger partial charge in [-0.25, -0.2) is 0 Å². The lowest BCUT2D eigenvalue weighted by atomic mass is 9.91. The van der Waals surface area contributed by atoms with E-state index in [9.17, 15) is 19.2 Å². The van der Waals surface area contributed by atoms with E-state index in [0.29, 0.717) is 30.2 Å². The van der Waals surface area contributed by atoms with Crippen LogP contribution in [0.4, 0.5) is 0 Å². The molecular weight excluding hydrogens is 450 g/mol. The van der Waals surface area contributed by atoms with Crippen LogP contribution < -0.4 is 26.4 Å². The maximum atomic E-state index is 13.2. The molecule has 0 spiro atoms. The van der Waals surface area contributed by atoms with Gasteiger partial charge >= 0.3 is 0 Å². The van der Waals surface area contributed by atoms with Crippen LogP contribution in [0.5, 0.6) is 5.75 Å². The van der Waals surface area contributed by atoms with Crippen molar-refractivity contribution < 1.29 is 23.9 Å². The van der Waals surface area contributed by atoms with E-state index in [1.807, 2.05) is 26.0 Å². The van der Waals surface area contributed by atoms with Crippen LogP contribution >= 0.6 is 0 Å². The van der Waals surface area contributed by atoms with Crippen molar-refractivity contribution in [3.63, 3.8) is 0 Å². The van der Waals surface area contributed by atoms with E-state index < -0.39 is 35.7 Å². The summed E-state index contributed by atoms with van der Waals surface area (Å²) in [6.07, 6.45) is 3.09. The molecule has 10 heteroatoms. The molecule has 2 heterocycles. The first-order valence-corrected chi connectivity index (χ1v) is 11.9. The molecule has 1 aliphatic carbocycles. The van der Waals surface area contributed by atoms with Gasteiger partial charge in [-0.3, -0.25) is 19.2 Å². The number of carbonyl (C=O) groups excluding carboxylic acids is 4. The topological polar surface area (TPSA) is 155 Å². The normalized spacial score (nSPS) is 20.7. The zero-order valence-corrected chi connectivity index (χ0v) is 20.3. The molecular formula is C25H33N5O5. The van der Waals surface area contributed by atoms with Gasteiger partial charge in [0.15, 0.2) is 0 Å². The molecule has 0 bridgehead atoms. The summed E-state index contributed by atoms with van der Waals surface area (Å²) in [6, 6.07) is 5.29. The number of amides is 4. The number of aromatic amines is 1. The molecule has 2 fully saturated rings. The Balaban J connectivity index is 1.46. The molecule has 1 saturated heterocycles. The summed E-state index contributed by atoms with van der Waals surface area (Å²) in [7, 11) is 1.56. The molecule has 2 aromatic rings. The lowest BCUT2D eigenvalue weighted by Gasteiger charge is -2.23. The molecule has 2 aliphatic rings. The number of primary amides is 1. The number of hydrogen-bond acceptors (Lipinski definition) is 5. The summed E-state index contributed by atoms with van der Waals surface area (Å²) in [5.41, 5.74) is 6.23. The first-order chi connectivity index (χ1) is 16.6. The van der Waals surface area contributed by atoms with Gasteiger partial charge in [0.05, 0.1) is 7.11 Å². The standard InChI is InChI=1S/C25H33N5O5/c1-25(2)12-14(22(32)30-25)10-17(21(26)31)28-23(33)18(9-13-7-8-13)29-24(34)19-11-15-16(27-19)5-4-6-20(15)35-3/h4-6,11,13-14,17-18,27H,7-10,12H2,1-3H3,(H2,26,31)(H,28,33)(H,29,34)(H,30,32)/t14-,17+,18+/m1/s1. The Hall–Kier alpha value is -3.56. The molecule has 188 valence electrons. The van der Waals surface area contributed by atoms with Crippen LogP contribution in [0, 0.1) is 11.8 Å². The van der Waals surface area contributed by atoms with Crippen LogP contribution in [-0.2, 0) is 14.4 Å². The van der Waals surface area contributed by atoms with Crippen molar-refractivity contribution in [3.8, 4) is 5.75 Å². The van der Waals surface area contributed by atoms with E-state index in [-0.39, 0.29) is 17.9 Å². The second-order valence-corrected chi connectivity index (χ2v) is 10.3. The second-order valence-electron chi connectivity index (χ2n) is 10.3. The van der Waals surface area contributed by atoms with Crippen molar-refractivity contribution >= 4 is 34.5 Å². The monoisotopic (exact) mass is 483 g/mol. The maximum Gasteiger partial charge on any atom is 0.268 e. The van der Waals surface area contributed by atoms with Crippen molar-refractivity contribution in [2.24, 2.45) is 17.6 Å². The molecule has 35 heavy (non-hydrogen) atoms. The predicted molar refractivity (Wildman–Crippen MR) is 130 cm³/mol. The van der Waals surface area contributed by atoms with Crippen molar-refractivity contribution in [2.45, 2.75) is 63.6 Å².